The summed E-state index contributed by atoms with van der Waals surface area (Å²) >= 11 is 0. The Balaban J connectivity index is 2.61. The molecule has 0 spiro atoms. The molecule has 1 aliphatic rings. The number of carbonyl (C=O) groups is 2. The molecule has 26 heavy (non-hydrogen) atoms. The van der Waals surface area contributed by atoms with Crippen LogP contribution < -0.4 is 10.6 Å². The Kier molecular flexibility index (Phi) is 10.3. The largest absolute Gasteiger partial charge is 0.484 e. The lowest BCUT2D eigenvalue weighted by atomic mass is 10.2. The number of carboxylic acids is 1. The maximum atomic E-state index is 11.7. The zero-order valence-corrected chi connectivity index (χ0v) is 15.5. The van der Waals surface area contributed by atoms with Crippen LogP contribution >= 0.6 is 0 Å². The predicted molar refractivity (Wildman–Crippen MR) is 102 cm³/mol. The summed E-state index contributed by atoms with van der Waals surface area (Å²) in [5.74, 6) is -0.670. The highest BCUT2D eigenvalue weighted by atomic mass is 16.5. The molecule has 0 fully saturated rings. The van der Waals surface area contributed by atoms with Gasteiger partial charge in [0.25, 0.3) is 5.91 Å². The third kappa shape index (κ3) is 9.52. The van der Waals surface area contributed by atoms with Crippen molar-refractivity contribution in [3.8, 4) is 0 Å². The van der Waals surface area contributed by atoms with Gasteiger partial charge in [-0.3, -0.25) is 9.59 Å². The fourth-order valence-corrected chi connectivity index (χ4v) is 2.14. The Morgan fingerprint density at radius 2 is 2.08 bits per heavy atom. The van der Waals surface area contributed by atoms with Crippen LogP contribution in [0.25, 0.3) is 0 Å². The summed E-state index contributed by atoms with van der Waals surface area (Å²) < 4.78 is 5.59. The highest BCUT2D eigenvalue weighted by molar-refractivity contribution is 5.78. The van der Waals surface area contributed by atoms with Crippen LogP contribution in [0.2, 0.25) is 0 Å². The van der Waals surface area contributed by atoms with Gasteiger partial charge in [0.15, 0.2) is 6.61 Å². The van der Waals surface area contributed by atoms with E-state index in [2.05, 4.69) is 16.7 Å². The second kappa shape index (κ2) is 12.6. The molecule has 0 aromatic rings. The van der Waals surface area contributed by atoms with Crippen molar-refractivity contribution in [2.75, 3.05) is 13.2 Å². The first-order valence-corrected chi connectivity index (χ1v) is 8.86. The number of carboxylic acid groups (broad SMARTS) is 1. The molecule has 1 aliphatic carbocycles. The summed E-state index contributed by atoms with van der Waals surface area (Å²) in [4.78, 5) is 22.2. The molecule has 0 atom stereocenters. The van der Waals surface area contributed by atoms with Gasteiger partial charge in [0.1, 0.15) is 5.76 Å². The molecule has 0 saturated heterocycles. The van der Waals surface area contributed by atoms with Crippen LogP contribution in [-0.4, -0.2) is 30.1 Å². The topological polar surface area (TPSA) is 87.7 Å². The van der Waals surface area contributed by atoms with Gasteiger partial charge in [0, 0.05) is 24.4 Å². The van der Waals surface area contributed by atoms with Gasteiger partial charge in [-0.05, 0) is 31.1 Å². The van der Waals surface area contributed by atoms with Crippen molar-refractivity contribution < 1.29 is 19.4 Å². The van der Waals surface area contributed by atoms with E-state index < -0.39 is 5.97 Å². The number of carbonyl (C=O) groups excluding carboxylic acids is 1. The van der Waals surface area contributed by atoms with Crippen LogP contribution in [0.15, 0.2) is 59.7 Å². The molecular formula is C20H28N2O4. The maximum absolute atomic E-state index is 11.7. The van der Waals surface area contributed by atoms with E-state index in [1.54, 1.807) is 0 Å². The number of allylic oxidation sites excluding steroid dienone is 8. The zero-order valence-electron chi connectivity index (χ0n) is 15.5. The van der Waals surface area contributed by atoms with Gasteiger partial charge in [-0.25, -0.2) is 0 Å². The number of ether oxygens (including phenoxy) is 1. The van der Waals surface area contributed by atoms with E-state index in [-0.39, 0.29) is 25.5 Å². The van der Waals surface area contributed by atoms with Crippen LogP contribution in [0.4, 0.5) is 0 Å². The second-order valence-corrected chi connectivity index (χ2v) is 5.65. The van der Waals surface area contributed by atoms with Crippen molar-refractivity contribution >= 4 is 11.9 Å². The van der Waals surface area contributed by atoms with E-state index in [0.717, 1.165) is 30.7 Å². The molecular weight excluding hydrogens is 332 g/mol. The summed E-state index contributed by atoms with van der Waals surface area (Å²) in [6.07, 6.45) is 16.2. The van der Waals surface area contributed by atoms with Crippen LogP contribution in [0.1, 0.15) is 39.5 Å². The monoisotopic (exact) mass is 360 g/mol. The normalized spacial score (nSPS) is 14.5. The summed E-state index contributed by atoms with van der Waals surface area (Å²) in [6, 6.07) is 0. The number of rotatable bonds is 11. The number of hydrogen-bond donors (Lipinski definition) is 3. The number of hydrogen-bond acceptors (Lipinski definition) is 4. The van der Waals surface area contributed by atoms with E-state index in [9.17, 15) is 9.59 Å². The molecule has 0 aromatic carbocycles. The molecule has 6 heteroatoms. The summed E-state index contributed by atoms with van der Waals surface area (Å²) in [5.41, 5.74) is 2.08. The first-order valence-electron chi connectivity index (χ1n) is 8.86. The van der Waals surface area contributed by atoms with Crippen molar-refractivity contribution in [3.05, 3.63) is 59.7 Å². The van der Waals surface area contributed by atoms with Crippen molar-refractivity contribution in [2.24, 2.45) is 0 Å². The van der Waals surface area contributed by atoms with Gasteiger partial charge >= 0.3 is 5.97 Å². The highest BCUT2D eigenvalue weighted by Gasteiger charge is 2.06. The van der Waals surface area contributed by atoms with E-state index in [1.165, 1.54) is 0 Å². The Bertz CT molecular complexity index is 628. The minimum absolute atomic E-state index is 0.0944. The molecule has 1 rings (SSSR count). The number of nitrogens with one attached hydrogen (secondary N) is 2. The van der Waals surface area contributed by atoms with Gasteiger partial charge < -0.3 is 20.5 Å². The minimum Gasteiger partial charge on any atom is -0.484 e. The molecule has 0 heterocycles. The maximum Gasteiger partial charge on any atom is 0.305 e. The third-order valence-electron chi connectivity index (χ3n) is 3.45. The number of aliphatic carboxylic acids is 1. The SMILES string of the molecule is CC/C=C(\C=C(/CC)NC1=CC=CC=CC1)OCC(=O)NCCC(=O)O. The van der Waals surface area contributed by atoms with Gasteiger partial charge in [-0.15, -0.1) is 0 Å². The molecule has 0 aromatic heterocycles. The van der Waals surface area contributed by atoms with E-state index in [0.29, 0.717) is 5.76 Å². The molecule has 1 amide bonds. The summed E-state index contributed by atoms with van der Waals surface area (Å²) in [7, 11) is 0. The van der Waals surface area contributed by atoms with E-state index in [1.807, 2.05) is 50.3 Å². The quantitative estimate of drug-likeness (QED) is 0.389. The zero-order chi connectivity index (χ0) is 19.2. The molecule has 142 valence electrons. The third-order valence-corrected chi connectivity index (χ3v) is 3.45. The fraction of sp³-hybridized carbons (Fsp3) is 0.400. The van der Waals surface area contributed by atoms with Crippen molar-refractivity contribution in [1.29, 1.82) is 0 Å². The number of amides is 1. The van der Waals surface area contributed by atoms with Gasteiger partial charge in [0.05, 0.1) is 6.42 Å². The Labute approximate surface area is 155 Å². The molecule has 0 bridgehead atoms. The average molecular weight is 360 g/mol. The van der Waals surface area contributed by atoms with Gasteiger partial charge in [0.2, 0.25) is 0 Å². The van der Waals surface area contributed by atoms with Gasteiger partial charge in [-0.1, -0.05) is 38.2 Å². The molecule has 0 radical (unpaired) electrons. The first kappa shape index (κ1) is 21.3. The smallest absolute Gasteiger partial charge is 0.305 e. The molecule has 6 nitrogen and oxygen atoms in total. The average Bonchev–Trinajstić information content (AvgIpc) is 2.87. The molecule has 0 unspecified atom stereocenters. The lowest BCUT2D eigenvalue weighted by Crippen LogP contribution is -2.29. The van der Waals surface area contributed by atoms with Crippen molar-refractivity contribution in [3.63, 3.8) is 0 Å². The second-order valence-electron chi connectivity index (χ2n) is 5.65. The standard InChI is InChI=1S/C20H28N2O4/c1-3-9-18(26-15-19(23)21-13-12-20(24)25)14-16(4-2)22-17-10-7-5-6-8-11-17/h5-10,14,22H,3-4,11-13,15H2,1-2H3,(H,21,23)(H,24,25)/b16-14+,18-9+. The van der Waals surface area contributed by atoms with Crippen molar-refractivity contribution in [1.82, 2.24) is 10.6 Å². The molecule has 3 N–H and O–H groups in total. The van der Waals surface area contributed by atoms with Crippen LogP contribution in [0, 0.1) is 0 Å². The molecule has 0 saturated carbocycles. The minimum atomic E-state index is -0.947. The van der Waals surface area contributed by atoms with E-state index >= 15 is 0 Å². The summed E-state index contributed by atoms with van der Waals surface area (Å²) in [5, 5.41) is 14.5. The first-order chi connectivity index (χ1) is 12.5. The van der Waals surface area contributed by atoms with Crippen molar-refractivity contribution in [2.45, 2.75) is 39.5 Å². The Hall–Kier alpha value is -2.76. The molecule has 0 aliphatic heterocycles. The Morgan fingerprint density at radius 1 is 1.27 bits per heavy atom. The predicted octanol–water partition coefficient (Wildman–Crippen LogP) is 3.17. The van der Waals surface area contributed by atoms with Crippen LogP contribution in [-0.2, 0) is 14.3 Å². The fourth-order valence-electron chi connectivity index (χ4n) is 2.14. The highest BCUT2D eigenvalue weighted by Crippen LogP contribution is 2.12. The Morgan fingerprint density at radius 3 is 2.77 bits per heavy atom. The van der Waals surface area contributed by atoms with Gasteiger partial charge in [-0.2, -0.15) is 0 Å². The lowest BCUT2D eigenvalue weighted by molar-refractivity contribution is -0.137. The van der Waals surface area contributed by atoms with E-state index in [4.69, 9.17) is 9.84 Å². The van der Waals surface area contributed by atoms with Crippen LogP contribution in [0.3, 0.4) is 0 Å². The lowest BCUT2D eigenvalue weighted by Gasteiger charge is -2.13. The van der Waals surface area contributed by atoms with Crippen LogP contribution in [0.5, 0.6) is 0 Å². The summed E-state index contributed by atoms with van der Waals surface area (Å²) in [6.45, 7) is 3.99.